The molecular weight excluding hydrogens is 406 g/mol. The van der Waals surface area contributed by atoms with E-state index in [4.69, 9.17) is 19.7 Å². The molecule has 1 heterocycles. The Morgan fingerprint density at radius 3 is 2.81 bits per heavy atom. The van der Waals surface area contributed by atoms with Crippen molar-refractivity contribution < 1.29 is 14.0 Å². The van der Waals surface area contributed by atoms with Crippen molar-refractivity contribution in [3.05, 3.63) is 26.9 Å². The van der Waals surface area contributed by atoms with Crippen molar-refractivity contribution in [3.63, 3.8) is 0 Å². The molecule has 1 aromatic carbocycles. The number of nitrogen functional groups attached to an aromatic ring is 1. The van der Waals surface area contributed by atoms with E-state index in [2.05, 4.69) is 42.0 Å². The number of halogens is 2. The summed E-state index contributed by atoms with van der Waals surface area (Å²) in [5, 5.41) is 3.93. The van der Waals surface area contributed by atoms with Crippen molar-refractivity contribution in [3.8, 4) is 11.5 Å². The first kappa shape index (κ1) is 16.4. The Labute approximate surface area is 139 Å². The van der Waals surface area contributed by atoms with Crippen LogP contribution in [0.3, 0.4) is 0 Å². The number of anilines is 1. The van der Waals surface area contributed by atoms with Crippen LogP contribution in [0.5, 0.6) is 0 Å². The van der Waals surface area contributed by atoms with Crippen molar-refractivity contribution in [1.29, 1.82) is 0 Å². The molecular formula is C13H15Br2N3O3. The van der Waals surface area contributed by atoms with Gasteiger partial charge in [-0.3, -0.25) is 0 Å². The molecule has 2 aromatic rings. The number of nitrogens with two attached hydrogens (primary N) is 1. The maximum atomic E-state index is 6.01. The number of hydrogen-bond acceptors (Lipinski definition) is 6. The standard InChI is InChI=1S/C13H15Br2N3O3/c1-19-4-5-20-3-2-11-17-13(21-18-11)9-6-8(14)7-10(15)12(9)16/h6-7H,2-5,16H2,1H3. The lowest BCUT2D eigenvalue weighted by atomic mass is 10.2. The summed E-state index contributed by atoms with van der Waals surface area (Å²) in [4.78, 5) is 4.33. The quantitative estimate of drug-likeness (QED) is 0.547. The van der Waals surface area contributed by atoms with Crippen molar-refractivity contribution in [1.82, 2.24) is 10.1 Å². The van der Waals surface area contributed by atoms with Crippen LogP contribution >= 0.6 is 31.9 Å². The Balaban J connectivity index is 2.03. The first-order valence-electron chi connectivity index (χ1n) is 6.26. The minimum absolute atomic E-state index is 0.390. The van der Waals surface area contributed by atoms with E-state index in [-0.39, 0.29) is 0 Å². The van der Waals surface area contributed by atoms with E-state index >= 15 is 0 Å². The molecule has 2 rings (SSSR count). The third-order valence-electron chi connectivity index (χ3n) is 2.69. The van der Waals surface area contributed by atoms with E-state index in [1.54, 1.807) is 7.11 Å². The number of hydrogen-bond donors (Lipinski definition) is 1. The van der Waals surface area contributed by atoms with Crippen LogP contribution in [-0.4, -0.2) is 37.1 Å². The molecule has 8 heteroatoms. The van der Waals surface area contributed by atoms with Gasteiger partial charge >= 0.3 is 0 Å². The van der Waals surface area contributed by atoms with Gasteiger partial charge in [-0.05, 0) is 28.1 Å². The zero-order chi connectivity index (χ0) is 15.2. The molecule has 0 saturated carbocycles. The second-order valence-corrected chi connectivity index (χ2v) is 5.99. The summed E-state index contributed by atoms with van der Waals surface area (Å²) in [6.07, 6.45) is 0.572. The van der Waals surface area contributed by atoms with Crippen LogP contribution < -0.4 is 5.73 Å². The van der Waals surface area contributed by atoms with Gasteiger partial charge in [0.2, 0.25) is 0 Å². The lowest BCUT2D eigenvalue weighted by Gasteiger charge is -2.04. The second-order valence-electron chi connectivity index (χ2n) is 4.22. The number of aromatic nitrogens is 2. The molecule has 0 aliphatic heterocycles. The maximum Gasteiger partial charge on any atom is 0.260 e. The Bertz CT molecular complexity index is 604. The SMILES string of the molecule is COCCOCCc1noc(-c2cc(Br)cc(Br)c2N)n1. The van der Waals surface area contributed by atoms with Crippen LogP contribution in [0.25, 0.3) is 11.5 Å². The fraction of sp³-hybridized carbons (Fsp3) is 0.385. The molecule has 2 N–H and O–H groups in total. The average Bonchev–Trinajstić information content (AvgIpc) is 2.91. The van der Waals surface area contributed by atoms with Crippen LogP contribution in [-0.2, 0) is 15.9 Å². The van der Waals surface area contributed by atoms with Crippen LogP contribution in [0.15, 0.2) is 25.6 Å². The minimum Gasteiger partial charge on any atom is -0.397 e. The van der Waals surface area contributed by atoms with Crippen molar-refractivity contribution in [2.75, 3.05) is 32.7 Å². The summed E-state index contributed by atoms with van der Waals surface area (Å²) in [5.74, 6) is 0.972. The summed E-state index contributed by atoms with van der Waals surface area (Å²) in [6.45, 7) is 1.63. The Kier molecular flexibility index (Phi) is 6.16. The van der Waals surface area contributed by atoms with Gasteiger partial charge in [-0.2, -0.15) is 4.98 Å². The molecule has 1 aromatic heterocycles. The first-order valence-corrected chi connectivity index (χ1v) is 7.84. The van der Waals surface area contributed by atoms with Gasteiger partial charge in [0.1, 0.15) is 0 Å². The van der Waals surface area contributed by atoms with Gasteiger partial charge < -0.3 is 19.7 Å². The summed E-state index contributed by atoms with van der Waals surface area (Å²) in [6, 6.07) is 3.70. The minimum atomic E-state index is 0.390. The predicted molar refractivity (Wildman–Crippen MR) is 85.9 cm³/mol. The van der Waals surface area contributed by atoms with Crippen LogP contribution in [0.1, 0.15) is 5.82 Å². The number of rotatable bonds is 7. The molecule has 114 valence electrons. The summed E-state index contributed by atoms with van der Waals surface area (Å²) in [5.41, 5.74) is 7.26. The molecule has 0 bridgehead atoms. The molecule has 6 nitrogen and oxygen atoms in total. The number of methoxy groups -OCH3 is 1. The molecule has 0 aliphatic rings. The molecule has 0 atom stereocenters. The van der Waals surface area contributed by atoms with E-state index in [0.29, 0.717) is 49.2 Å². The van der Waals surface area contributed by atoms with Gasteiger partial charge in [0.15, 0.2) is 5.82 Å². The third-order valence-corrected chi connectivity index (χ3v) is 3.81. The van der Waals surface area contributed by atoms with E-state index in [9.17, 15) is 0 Å². The lowest BCUT2D eigenvalue weighted by molar-refractivity contribution is 0.0714. The van der Waals surface area contributed by atoms with Crippen molar-refractivity contribution >= 4 is 37.5 Å². The van der Waals surface area contributed by atoms with E-state index < -0.39 is 0 Å². The Morgan fingerprint density at radius 1 is 1.24 bits per heavy atom. The number of nitrogens with zero attached hydrogens (tertiary/aromatic N) is 2. The van der Waals surface area contributed by atoms with Gasteiger partial charge in [-0.15, -0.1) is 0 Å². The van der Waals surface area contributed by atoms with Gasteiger partial charge in [-0.25, -0.2) is 0 Å². The maximum absolute atomic E-state index is 6.01. The van der Waals surface area contributed by atoms with E-state index in [1.807, 2.05) is 12.1 Å². The zero-order valence-corrected chi connectivity index (χ0v) is 14.6. The van der Waals surface area contributed by atoms with Crippen molar-refractivity contribution in [2.45, 2.75) is 6.42 Å². The van der Waals surface area contributed by atoms with Gasteiger partial charge in [-0.1, -0.05) is 21.1 Å². The zero-order valence-electron chi connectivity index (χ0n) is 11.4. The monoisotopic (exact) mass is 419 g/mol. The van der Waals surface area contributed by atoms with Gasteiger partial charge in [0, 0.05) is 22.5 Å². The van der Waals surface area contributed by atoms with E-state index in [1.165, 1.54) is 0 Å². The molecule has 0 spiro atoms. The number of ether oxygens (including phenoxy) is 2. The van der Waals surface area contributed by atoms with Gasteiger partial charge in [0.05, 0.1) is 31.1 Å². The molecule has 0 aliphatic carbocycles. The summed E-state index contributed by atoms with van der Waals surface area (Å²) < 4.78 is 17.2. The average molecular weight is 421 g/mol. The highest BCUT2D eigenvalue weighted by atomic mass is 79.9. The van der Waals surface area contributed by atoms with E-state index in [0.717, 1.165) is 8.95 Å². The summed E-state index contributed by atoms with van der Waals surface area (Å²) in [7, 11) is 1.63. The third kappa shape index (κ3) is 4.50. The van der Waals surface area contributed by atoms with Crippen LogP contribution in [0.4, 0.5) is 5.69 Å². The molecule has 21 heavy (non-hydrogen) atoms. The second kappa shape index (κ2) is 7.88. The first-order chi connectivity index (χ1) is 10.1. The van der Waals surface area contributed by atoms with Crippen molar-refractivity contribution in [2.24, 2.45) is 0 Å². The molecule has 0 fully saturated rings. The fourth-order valence-electron chi connectivity index (χ4n) is 1.63. The topological polar surface area (TPSA) is 83.4 Å². The van der Waals surface area contributed by atoms with Crippen LogP contribution in [0.2, 0.25) is 0 Å². The largest absolute Gasteiger partial charge is 0.397 e. The normalized spacial score (nSPS) is 11.0. The predicted octanol–water partition coefficient (Wildman–Crippen LogP) is 3.05. The highest BCUT2D eigenvalue weighted by Gasteiger charge is 2.14. The number of benzene rings is 1. The molecule has 0 unspecified atom stereocenters. The molecule has 0 radical (unpaired) electrons. The highest BCUT2D eigenvalue weighted by molar-refractivity contribution is 9.11. The highest BCUT2D eigenvalue weighted by Crippen LogP contribution is 2.34. The molecule has 0 saturated heterocycles. The summed E-state index contributed by atoms with van der Waals surface area (Å²) >= 11 is 6.80. The van der Waals surface area contributed by atoms with Gasteiger partial charge in [0.25, 0.3) is 5.89 Å². The Hall–Kier alpha value is -0.960. The molecule has 0 amide bonds. The van der Waals surface area contributed by atoms with Crippen LogP contribution in [0, 0.1) is 0 Å². The lowest BCUT2D eigenvalue weighted by Crippen LogP contribution is -2.05. The fourth-order valence-corrected chi connectivity index (χ4v) is 2.86. The Morgan fingerprint density at radius 2 is 2.05 bits per heavy atom. The smallest absolute Gasteiger partial charge is 0.260 e.